The summed E-state index contributed by atoms with van der Waals surface area (Å²) >= 11 is 1.31. The topological polar surface area (TPSA) is 66.1 Å². The number of carbonyl (C=O) groups excluding carboxylic acids is 2. The molecule has 5 nitrogen and oxygen atoms in total. The predicted molar refractivity (Wildman–Crippen MR) is 126 cm³/mol. The van der Waals surface area contributed by atoms with Gasteiger partial charge < -0.3 is 4.98 Å². The Morgan fingerprint density at radius 3 is 2.61 bits per heavy atom. The lowest BCUT2D eigenvalue weighted by atomic mass is 9.93. The second-order valence-electron chi connectivity index (χ2n) is 7.65. The third-order valence-electron chi connectivity index (χ3n) is 5.44. The highest BCUT2D eigenvalue weighted by Gasteiger charge is 2.41. The van der Waals surface area contributed by atoms with Crippen molar-refractivity contribution in [2.24, 2.45) is 5.92 Å². The summed E-state index contributed by atoms with van der Waals surface area (Å²) < 4.78 is 14.6. The van der Waals surface area contributed by atoms with Crippen molar-refractivity contribution in [1.82, 2.24) is 14.9 Å². The van der Waals surface area contributed by atoms with Crippen LogP contribution in [0.1, 0.15) is 43.6 Å². The van der Waals surface area contributed by atoms with E-state index in [0.717, 1.165) is 24.8 Å². The number of piperidine rings is 1. The highest BCUT2D eigenvalue weighted by Crippen LogP contribution is 2.40. The van der Waals surface area contributed by atoms with Gasteiger partial charge in [-0.3, -0.25) is 14.5 Å². The van der Waals surface area contributed by atoms with Gasteiger partial charge >= 0.3 is 0 Å². The molecule has 0 bridgehead atoms. The maximum Gasteiger partial charge on any atom is 0.186 e. The van der Waals surface area contributed by atoms with Crippen LogP contribution < -0.4 is 0 Å². The van der Waals surface area contributed by atoms with Crippen LogP contribution >= 0.6 is 36.6 Å². The fourth-order valence-electron chi connectivity index (χ4n) is 3.93. The molecular weight excluding hydrogens is 460 g/mol. The van der Waals surface area contributed by atoms with Crippen LogP contribution in [0.4, 0.5) is 4.39 Å². The number of ketones is 1. The molecular formula is C22H26Cl2FN3O2S. The SMILES string of the molecule is CC(=O)SC1CCN(C(C(=O)C2CC2)c2ccccc2F)CC1=Cc1ncc[nH]1.Cl.Cl. The van der Waals surface area contributed by atoms with Crippen LogP contribution in [0, 0.1) is 11.7 Å². The quantitative estimate of drug-likeness (QED) is 0.633. The van der Waals surface area contributed by atoms with Gasteiger partial charge in [0.25, 0.3) is 0 Å². The van der Waals surface area contributed by atoms with E-state index in [1.54, 1.807) is 37.5 Å². The maximum atomic E-state index is 14.6. The Labute approximate surface area is 198 Å². The first-order valence-corrected chi connectivity index (χ1v) is 10.8. The van der Waals surface area contributed by atoms with E-state index < -0.39 is 6.04 Å². The van der Waals surface area contributed by atoms with Crippen molar-refractivity contribution in [3.05, 3.63) is 59.4 Å². The van der Waals surface area contributed by atoms with E-state index in [-0.39, 0.29) is 52.7 Å². The number of hydrogen-bond donors (Lipinski definition) is 1. The van der Waals surface area contributed by atoms with E-state index in [4.69, 9.17) is 0 Å². The number of halogens is 3. The standard InChI is InChI=1S/C22H24FN3O2S.2ClH/c1-14(27)29-19-8-11-26(13-16(19)12-20-24-9-10-25-20)21(22(28)15-6-7-15)17-4-2-3-5-18(17)23;;/h2-5,9-10,12,15,19,21H,6-8,11,13H2,1H3,(H,24,25);2*1H. The number of rotatable bonds is 6. The van der Waals surface area contributed by atoms with E-state index in [2.05, 4.69) is 14.9 Å². The molecule has 2 fully saturated rings. The summed E-state index contributed by atoms with van der Waals surface area (Å²) in [5, 5.41) is 0.0969. The van der Waals surface area contributed by atoms with Crippen molar-refractivity contribution in [2.75, 3.05) is 13.1 Å². The predicted octanol–water partition coefficient (Wildman–Crippen LogP) is 4.85. The number of nitrogens with one attached hydrogen (secondary N) is 1. The molecule has 0 amide bonds. The first-order chi connectivity index (χ1) is 14.0. The van der Waals surface area contributed by atoms with Gasteiger partial charge in [0.1, 0.15) is 11.6 Å². The minimum Gasteiger partial charge on any atom is -0.345 e. The van der Waals surface area contributed by atoms with Crippen LogP contribution in [0.25, 0.3) is 6.08 Å². The molecule has 9 heteroatoms. The van der Waals surface area contributed by atoms with Crippen molar-refractivity contribution in [3.63, 3.8) is 0 Å². The zero-order chi connectivity index (χ0) is 20.4. The fourth-order valence-corrected chi connectivity index (χ4v) is 4.85. The molecule has 31 heavy (non-hydrogen) atoms. The zero-order valence-corrected chi connectivity index (χ0v) is 19.6. The molecule has 4 rings (SSSR count). The molecule has 1 aromatic carbocycles. The third kappa shape index (κ3) is 6.19. The molecule has 1 N–H and O–H groups in total. The van der Waals surface area contributed by atoms with Crippen LogP contribution in [-0.4, -0.2) is 44.1 Å². The molecule has 0 spiro atoms. The summed E-state index contributed by atoms with van der Waals surface area (Å²) in [5.74, 6) is 0.502. The number of aromatic nitrogens is 2. The molecule has 168 valence electrons. The lowest BCUT2D eigenvalue weighted by Crippen LogP contribution is -2.43. The van der Waals surface area contributed by atoms with Gasteiger partial charge in [0, 0.05) is 49.1 Å². The summed E-state index contributed by atoms with van der Waals surface area (Å²) in [6, 6.07) is 5.97. The molecule has 2 atom stereocenters. The van der Waals surface area contributed by atoms with Crippen LogP contribution in [0.3, 0.4) is 0 Å². The Morgan fingerprint density at radius 2 is 2.00 bits per heavy atom. The number of imidazole rings is 1. The molecule has 2 heterocycles. The van der Waals surface area contributed by atoms with Crippen molar-refractivity contribution in [1.29, 1.82) is 0 Å². The van der Waals surface area contributed by atoms with E-state index in [9.17, 15) is 14.0 Å². The van der Waals surface area contributed by atoms with Gasteiger partial charge in [-0.2, -0.15) is 0 Å². The number of hydrogen-bond acceptors (Lipinski definition) is 5. The highest BCUT2D eigenvalue weighted by atomic mass is 35.5. The number of aromatic amines is 1. The zero-order valence-electron chi connectivity index (χ0n) is 17.1. The second-order valence-corrected chi connectivity index (χ2v) is 9.03. The molecule has 2 unspecified atom stereocenters. The molecule has 1 aliphatic heterocycles. The summed E-state index contributed by atoms with van der Waals surface area (Å²) in [6.07, 6.45) is 7.87. The smallest absolute Gasteiger partial charge is 0.186 e. The van der Waals surface area contributed by atoms with Gasteiger partial charge in [-0.1, -0.05) is 30.0 Å². The number of Topliss-reactive ketones (excluding diaryl/α,β-unsaturated/α-hetero) is 1. The van der Waals surface area contributed by atoms with Gasteiger partial charge in [-0.15, -0.1) is 24.8 Å². The Morgan fingerprint density at radius 1 is 1.26 bits per heavy atom. The van der Waals surface area contributed by atoms with E-state index in [1.165, 1.54) is 17.8 Å². The van der Waals surface area contributed by atoms with Crippen LogP contribution in [0.5, 0.6) is 0 Å². The summed E-state index contributed by atoms with van der Waals surface area (Å²) in [6.45, 7) is 2.71. The van der Waals surface area contributed by atoms with Crippen molar-refractivity contribution in [2.45, 2.75) is 37.5 Å². The van der Waals surface area contributed by atoms with Crippen molar-refractivity contribution < 1.29 is 14.0 Å². The maximum absolute atomic E-state index is 14.6. The third-order valence-corrected chi connectivity index (χ3v) is 6.60. The van der Waals surface area contributed by atoms with Crippen molar-refractivity contribution >= 4 is 53.6 Å². The first kappa shape index (κ1) is 25.6. The molecule has 1 aliphatic carbocycles. The lowest BCUT2D eigenvalue weighted by molar-refractivity contribution is -0.126. The number of likely N-dealkylation sites (tertiary alicyclic amines) is 1. The Kier molecular flexibility index (Phi) is 9.30. The summed E-state index contributed by atoms with van der Waals surface area (Å²) in [7, 11) is 0. The fraction of sp³-hybridized carbons (Fsp3) is 0.409. The lowest BCUT2D eigenvalue weighted by Gasteiger charge is -2.38. The normalized spacial score (nSPS) is 21.1. The molecule has 2 aliphatic rings. The number of carbonyl (C=O) groups is 2. The van der Waals surface area contributed by atoms with Gasteiger partial charge in [-0.25, -0.2) is 9.37 Å². The van der Waals surface area contributed by atoms with Crippen LogP contribution in [0.15, 0.2) is 42.2 Å². The molecule has 0 radical (unpaired) electrons. The van der Waals surface area contributed by atoms with E-state index in [0.29, 0.717) is 24.5 Å². The summed E-state index contributed by atoms with van der Waals surface area (Å²) in [5.41, 5.74) is 1.47. The molecule has 1 aromatic heterocycles. The van der Waals surface area contributed by atoms with Gasteiger partial charge in [0.15, 0.2) is 10.9 Å². The second kappa shape index (κ2) is 11.3. The molecule has 1 saturated carbocycles. The molecule has 1 saturated heterocycles. The molecule has 2 aromatic rings. The number of nitrogens with zero attached hydrogens (tertiary/aromatic N) is 2. The first-order valence-electron chi connectivity index (χ1n) is 9.92. The summed E-state index contributed by atoms with van der Waals surface area (Å²) in [4.78, 5) is 34.3. The average molecular weight is 486 g/mol. The van der Waals surface area contributed by atoms with Crippen LogP contribution in [0.2, 0.25) is 0 Å². The van der Waals surface area contributed by atoms with Gasteiger partial charge in [-0.05, 0) is 37.0 Å². The highest BCUT2D eigenvalue weighted by molar-refractivity contribution is 8.14. The minimum atomic E-state index is -0.591. The Bertz CT molecular complexity index is 935. The Hall–Kier alpha value is -1.67. The van der Waals surface area contributed by atoms with Gasteiger partial charge in [0.2, 0.25) is 0 Å². The Balaban J connectivity index is 0.00000171. The average Bonchev–Trinajstić information content (AvgIpc) is 3.42. The van der Waals surface area contributed by atoms with E-state index in [1.807, 2.05) is 6.08 Å². The number of H-pyrrole nitrogens is 1. The number of benzene rings is 1. The minimum absolute atomic E-state index is 0. The number of thioether (sulfide) groups is 1. The largest absolute Gasteiger partial charge is 0.345 e. The van der Waals surface area contributed by atoms with Crippen molar-refractivity contribution in [3.8, 4) is 0 Å². The van der Waals surface area contributed by atoms with Crippen LogP contribution in [-0.2, 0) is 9.59 Å². The monoisotopic (exact) mass is 485 g/mol. The van der Waals surface area contributed by atoms with Gasteiger partial charge in [0.05, 0.1) is 6.04 Å². The van der Waals surface area contributed by atoms with E-state index >= 15 is 0 Å².